The summed E-state index contributed by atoms with van der Waals surface area (Å²) in [6.07, 6.45) is 6.46. The third-order valence-electron chi connectivity index (χ3n) is 4.58. The summed E-state index contributed by atoms with van der Waals surface area (Å²) >= 11 is 0. The minimum atomic E-state index is -0.950. The summed E-state index contributed by atoms with van der Waals surface area (Å²) < 4.78 is 11.9. The molecule has 6 heteroatoms. The number of carboxylic acids is 1. The van der Waals surface area contributed by atoms with Gasteiger partial charge in [-0.3, -0.25) is 9.59 Å². The van der Waals surface area contributed by atoms with Crippen LogP contribution < -0.4 is 0 Å². The van der Waals surface area contributed by atoms with Crippen molar-refractivity contribution < 1.29 is 28.3 Å². The maximum Gasteiger partial charge on any atom is 0.307 e. The number of aliphatic carboxylic acids is 1. The van der Waals surface area contributed by atoms with Crippen LogP contribution in [-0.2, 0) is 27.2 Å². The molecule has 1 rings (SSSR count). The van der Waals surface area contributed by atoms with Gasteiger partial charge in [0.15, 0.2) is 6.10 Å². The van der Waals surface area contributed by atoms with Crippen LogP contribution in [0, 0.1) is 6.92 Å². The first-order valence-corrected chi connectivity index (χ1v) is 10.4. The molecule has 0 saturated heterocycles. The molecule has 0 fully saturated rings. The molecule has 0 bridgehead atoms. The zero-order valence-corrected chi connectivity index (χ0v) is 18.3. The fourth-order valence-corrected chi connectivity index (χ4v) is 3.26. The molecule has 1 heterocycles. The van der Waals surface area contributed by atoms with Crippen LogP contribution in [0.5, 0.6) is 0 Å². The van der Waals surface area contributed by atoms with Crippen LogP contribution in [0.1, 0.15) is 69.0 Å². The Morgan fingerprint density at radius 1 is 1.14 bits per heavy atom. The van der Waals surface area contributed by atoms with E-state index in [1.807, 2.05) is 21.1 Å². The van der Waals surface area contributed by atoms with Crippen LogP contribution in [0.25, 0.3) is 0 Å². The van der Waals surface area contributed by atoms with Crippen molar-refractivity contribution in [3.8, 4) is 0 Å². The highest BCUT2D eigenvalue weighted by molar-refractivity contribution is 5.71. The van der Waals surface area contributed by atoms with Gasteiger partial charge >= 0.3 is 11.9 Å². The van der Waals surface area contributed by atoms with E-state index in [-0.39, 0.29) is 12.4 Å². The Balaban J connectivity index is 2.38. The monoisotopic (exact) mass is 396 g/mol. The van der Waals surface area contributed by atoms with E-state index in [9.17, 15) is 9.59 Å². The van der Waals surface area contributed by atoms with Gasteiger partial charge in [0.1, 0.15) is 18.1 Å². The molecule has 1 unspecified atom stereocenters. The number of unbranched alkanes of at least 4 members (excludes halogenated alkanes) is 3. The summed E-state index contributed by atoms with van der Waals surface area (Å²) in [4.78, 5) is 23.1. The molecule has 160 valence electrons. The molecule has 0 saturated carbocycles. The molecule has 0 amide bonds. The van der Waals surface area contributed by atoms with Crippen molar-refractivity contribution in [2.45, 2.75) is 77.7 Å². The lowest BCUT2D eigenvalue weighted by atomic mass is 10.1. The van der Waals surface area contributed by atoms with Crippen molar-refractivity contribution in [2.24, 2.45) is 0 Å². The number of ether oxygens (including phenoxy) is 1. The van der Waals surface area contributed by atoms with Gasteiger partial charge in [0, 0.05) is 19.3 Å². The van der Waals surface area contributed by atoms with Gasteiger partial charge in [-0.05, 0) is 37.8 Å². The Morgan fingerprint density at radius 2 is 1.82 bits per heavy atom. The van der Waals surface area contributed by atoms with E-state index >= 15 is 0 Å². The molecule has 0 radical (unpaired) electrons. The Hall–Kier alpha value is -1.82. The first-order chi connectivity index (χ1) is 13.1. The number of hydrogen-bond acceptors (Lipinski definition) is 4. The Kier molecular flexibility index (Phi) is 10.3. The number of carboxylic acid groups (broad SMARTS) is 1. The van der Waals surface area contributed by atoms with Crippen LogP contribution in [0.15, 0.2) is 10.5 Å². The number of carbonyl (C=O) groups is 2. The fourth-order valence-electron chi connectivity index (χ4n) is 3.26. The Bertz CT molecular complexity index is 615. The van der Waals surface area contributed by atoms with Gasteiger partial charge in [-0.25, -0.2) is 0 Å². The second-order valence-electron chi connectivity index (χ2n) is 8.67. The predicted octanol–water partition coefficient (Wildman–Crippen LogP) is 4.13. The maximum atomic E-state index is 12.1. The van der Waals surface area contributed by atoms with E-state index in [0.29, 0.717) is 23.9 Å². The first kappa shape index (κ1) is 24.2. The lowest BCUT2D eigenvalue weighted by Crippen LogP contribution is -2.43. The summed E-state index contributed by atoms with van der Waals surface area (Å²) in [6.45, 7) is 4.73. The fraction of sp³-hybridized carbons (Fsp3) is 0.727. The van der Waals surface area contributed by atoms with Gasteiger partial charge in [-0.2, -0.15) is 0 Å². The van der Waals surface area contributed by atoms with Crippen LogP contribution in [0.3, 0.4) is 0 Å². The molecule has 28 heavy (non-hydrogen) atoms. The van der Waals surface area contributed by atoms with Crippen molar-refractivity contribution in [1.29, 1.82) is 0 Å². The third kappa shape index (κ3) is 10.5. The maximum absolute atomic E-state index is 12.1. The second kappa shape index (κ2) is 11.9. The van der Waals surface area contributed by atoms with E-state index in [1.165, 1.54) is 18.4 Å². The number of carbonyl (C=O) groups excluding carboxylic acids is 1. The Labute approximate surface area is 169 Å². The van der Waals surface area contributed by atoms with E-state index in [4.69, 9.17) is 14.3 Å². The first-order valence-electron chi connectivity index (χ1n) is 10.4. The van der Waals surface area contributed by atoms with Crippen molar-refractivity contribution >= 4 is 11.9 Å². The molecule has 1 atom stereocenters. The summed E-state index contributed by atoms with van der Waals surface area (Å²) in [5.41, 5.74) is 1.18. The minimum absolute atomic E-state index is 0.159. The highest BCUT2D eigenvalue weighted by atomic mass is 16.5. The molecule has 1 N–H and O–H groups in total. The minimum Gasteiger partial charge on any atom is -0.481 e. The number of esters is 1. The average Bonchev–Trinajstić information content (AvgIpc) is 2.89. The van der Waals surface area contributed by atoms with Gasteiger partial charge in [0.25, 0.3) is 0 Å². The predicted molar refractivity (Wildman–Crippen MR) is 109 cm³/mol. The molecule has 1 aromatic rings. The number of likely N-dealkylation sites (N-methyl/N-ethyl adjacent to an activating group) is 1. The van der Waals surface area contributed by atoms with Crippen molar-refractivity contribution in [3.05, 3.63) is 23.2 Å². The van der Waals surface area contributed by atoms with Gasteiger partial charge < -0.3 is 18.7 Å². The standard InChI is InChI=1S/C22H37NO5/c1-6-7-8-11-18-14-17(2)20(27-18)12-9-10-13-22(26)28-19(15-21(24)25)16-23(3,4)5/h14,19H,6-13,15-16H2,1-5H3/p+1. The van der Waals surface area contributed by atoms with Gasteiger partial charge in [0.2, 0.25) is 0 Å². The normalized spacial score (nSPS) is 12.8. The molecular weight excluding hydrogens is 358 g/mol. The van der Waals surface area contributed by atoms with Crippen LogP contribution >= 0.6 is 0 Å². The van der Waals surface area contributed by atoms with Crippen molar-refractivity contribution in [2.75, 3.05) is 27.7 Å². The van der Waals surface area contributed by atoms with Gasteiger partial charge in [0.05, 0.1) is 27.6 Å². The number of aryl methyl sites for hydroxylation is 3. The molecule has 0 aliphatic rings. The van der Waals surface area contributed by atoms with Gasteiger partial charge in [-0.15, -0.1) is 0 Å². The zero-order chi connectivity index (χ0) is 21.2. The number of quaternary nitrogens is 1. The molecule has 6 nitrogen and oxygen atoms in total. The van der Waals surface area contributed by atoms with E-state index in [0.717, 1.165) is 37.2 Å². The summed E-state index contributed by atoms with van der Waals surface area (Å²) in [5.74, 6) is 0.788. The number of rotatable bonds is 14. The van der Waals surface area contributed by atoms with E-state index in [1.54, 1.807) is 0 Å². The van der Waals surface area contributed by atoms with Gasteiger partial charge in [-0.1, -0.05) is 19.8 Å². The smallest absolute Gasteiger partial charge is 0.307 e. The van der Waals surface area contributed by atoms with Crippen LogP contribution in [0.4, 0.5) is 0 Å². The lowest BCUT2D eigenvalue weighted by molar-refractivity contribution is -0.873. The number of furan rings is 1. The molecule has 0 aliphatic carbocycles. The lowest BCUT2D eigenvalue weighted by Gasteiger charge is -2.28. The van der Waals surface area contributed by atoms with Crippen molar-refractivity contribution in [1.82, 2.24) is 0 Å². The summed E-state index contributed by atoms with van der Waals surface area (Å²) in [5, 5.41) is 9.02. The number of hydrogen-bond donors (Lipinski definition) is 1. The van der Waals surface area contributed by atoms with E-state index < -0.39 is 12.1 Å². The van der Waals surface area contributed by atoms with Crippen molar-refractivity contribution in [3.63, 3.8) is 0 Å². The largest absolute Gasteiger partial charge is 0.481 e. The highest BCUT2D eigenvalue weighted by Crippen LogP contribution is 2.19. The molecule has 0 spiro atoms. The summed E-state index contributed by atoms with van der Waals surface area (Å²) in [7, 11) is 5.85. The van der Waals surface area contributed by atoms with E-state index in [2.05, 4.69) is 19.9 Å². The van der Waals surface area contributed by atoms with Crippen LogP contribution in [-0.4, -0.2) is 55.3 Å². The summed E-state index contributed by atoms with van der Waals surface area (Å²) in [6, 6.07) is 2.13. The SMILES string of the molecule is CCCCCc1cc(C)c(CCCCC(=O)OC(CC(=O)O)C[N+](C)(C)C)o1. The molecule has 0 aromatic carbocycles. The topological polar surface area (TPSA) is 76.7 Å². The molecule has 1 aromatic heterocycles. The average molecular weight is 397 g/mol. The Morgan fingerprint density at radius 3 is 2.43 bits per heavy atom. The highest BCUT2D eigenvalue weighted by Gasteiger charge is 2.24. The number of nitrogens with zero attached hydrogens (tertiary/aromatic N) is 1. The molecular formula is C22H38NO5+. The third-order valence-corrected chi connectivity index (χ3v) is 4.58. The zero-order valence-electron chi connectivity index (χ0n) is 18.3. The van der Waals surface area contributed by atoms with Crippen LogP contribution in [0.2, 0.25) is 0 Å². The second-order valence-corrected chi connectivity index (χ2v) is 8.67. The molecule has 0 aliphatic heterocycles. The quantitative estimate of drug-likeness (QED) is 0.291.